The van der Waals surface area contributed by atoms with Crippen LogP contribution in [0.1, 0.15) is 19.4 Å². The maximum absolute atomic E-state index is 10.0. The average Bonchev–Trinajstić information content (AvgIpc) is 2.29. The van der Waals surface area contributed by atoms with Crippen molar-refractivity contribution in [3.05, 3.63) is 42.5 Å². The van der Waals surface area contributed by atoms with Crippen LogP contribution in [-0.2, 0) is 4.79 Å². The first-order valence-corrected chi connectivity index (χ1v) is 5.15. The van der Waals surface area contributed by atoms with Gasteiger partial charge in [-0.05, 0) is 11.5 Å². The van der Waals surface area contributed by atoms with E-state index in [1.54, 1.807) is 13.8 Å². The predicted octanol–water partition coefficient (Wildman–Crippen LogP) is 2.38. The Balaban J connectivity index is 0.000000281. The van der Waals surface area contributed by atoms with Gasteiger partial charge in [-0.2, -0.15) is 0 Å². The molecule has 0 bridgehead atoms. The molecule has 1 aromatic carbocycles. The molecule has 3 heteroatoms. The number of carboxylic acid groups (broad SMARTS) is 1. The Morgan fingerprint density at radius 1 is 1.38 bits per heavy atom. The number of carbonyl (C=O) groups is 1. The number of rotatable bonds is 3. The van der Waals surface area contributed by atoms with Gasteiger partial charge < -0.3 is 10.8 Å². The summed E-state index contributed by atoms with van der Waals surface area (Å²) < 4.78 is 0. The van der Waals surface area contributed by atoms with Gasteiger partial charge in [0.15, 0.2) is 0 Å². The summed E-state index contributed by atoms with van der Waals surface area (Å²) in [6.07, 6.45) is 1.83. The highest BCUT2D eigenvalue weighted by molar-refractivity contribution is 5.73. The topological polar surface area (TPSA) is 63.3 Å². The van der Waals surface area contributed by atoms with Crippen LogP contribution in [0.4, 0.5) is 0 Å². The van der Waals surface area contributed by atoms with Gasteiger partial charge in [0, 0.05) is 0 Å². The lowest BCUT2D eigenvalue weighted by atomic mass is 10.1. The lowest BCUT2D eigenvalue weighted by molar-refractivity contribution is -0.139. The second kappa shape index (κ2) is 7.65. The molecule has 3 nitrogen and oxygen atoms in total. The third kappa shape index (κ3) is 5.98. The number of carboxylic acids is 1. The van der Waals surface area contributed by atoms with Crippen LogP contribution in [0.15, 0.2) is 36.9 Å². The maximum Gasteiger partial charge on any atom is 0.320 e. The summed E-state index contributed by atoms with van der Waals surface area (Å²) in [5.41, 5.74) is 6.33. The van der Waals surface area contributed by atoms with E-state index in [1.165, 1.54) is 5.56 Å². The van der Waals surface area contributed by atoms with Crippen molar-refractivity contribution in [2.45, 2.75) is 19.9 Å². The summed E-state index contributed by atoms with van der Waals surface area (Å²) in [6.45, 7) is 7.18. The molecule has 0 aliphatic rings. The minimum Gasteiger partial charge on any atom is -0.480 e. The SMILES string of the molecule is C=Cc1ccccc1.CC(C)[C@H](N)C(=O)O. The zero-order chi connectivity index (χ0) is 12.6. The van der Waals surface area contributed by atoms with E-state index in [4.69, 9.17) is 10.8 Å². The van der Waals surface area contributed by atoms with Gasteiger partial charge in [-0.1, -0.05) is 56.8 Å². The third-order valence-electron chi connectivity index (χ3n) is 2.04. The standard InChI is InChI=1S/C8H8.C5H11NO2/c1-2-8-6-4-3-5-7-8;1-3(2)4(6)5(7)8/h2-7H,1H2;3-4H,6H2,1-2H3,(H,7,8)/t;4-/m.0/s1. The van der Waals surface area contributed by atoms with Crippen molar-refractivity contribution in [2.75, 3.05) is 0 Å². The minimum atomic E-state index is -0.931. The Labute approximate surface area is 96.6 Å². The molecule has 0 fully saturated rings. The number of aliphatic carboxylic acids is 1. The Morgan fingerprint density at radius 2 is 1.88 bits per heavy atom. The Bertz CT molecular complexity index is 320. The van der Waals surface area contributed by atoms with Gasteiger partial charge in [0.2, 0.25) is 0 Å². The monoisotopic (exact) mass is 221 g/mol. The van der Waals surface area contributed by atoms with Crippen molar-refractivity contribution >= 4 is 12.0 Å². The largest absolute Gasteiger partial charge is 0.480 e. The fourth-order valence-corrected chi connectivity index (χ4v) is 0.874. The van der Waals surface area contributed by atoms with Gasteiger partial charge in [-0.15, -0.1) is 0 Å². The van der Waals surface area contributed by atoms with Crippen LogP contribution >= 0.6 is 0 Å². The van der Waals surface area contributed by atoms with E-state index in [2.05, 4.69) is 6.58 Å². The van der Waals surface area contributed by atoms with Gasteiger partial charge in [0.25, 0.3) is 0 Å². The van der Waals surface area contributed by atoms with E-state index in [1.807, 2.05) is 36.4 Å². The molecule has 0 saturated heterocycles. The number of hydrogen-bond acceptors (Lipinski definition) is 2. The van der Waals surface area contributed by atoms with Gasteiger partial charge in [0.05, 0.1) is 0 Å². The highest BCUT2D eigenvalue weighted by atomic mass is 16.4. The summed E-state index contributed by atoms with van der Waals surface area (Å²) in [7, 11) is 0. The highest BCUT2D eigenvalue weighted by Gasteiger charge is 2.14. The lowest BCUT2D eigenvalue weighted by Crippen LogP contribution is -2.34. The molecule has 0 aliphatic carbocycles. The molecule has 1 atom stereocenters. The van der Waals surface area contributed by atoms with Crippen LogP contribution < -0.4 is 5.73 Å². The predicted molar refractivity (Wildman–Crippen MR) is 67.0 cm³/mol. The van der Waals surface area contributed by atoms with Gasteiger partial charge in [0.1, 0.15) is 6.04 Å². The molecule has 0 saturated carbocycles. The Kier molecular flexibility index (Phi) is 6.88. The van der Waals surface area contributed by atoms with E-state index in [0.29, 0.717) is 0 Å². The molecule has 0 aliphatic heterocycles. The van der Waals surface area contributed by atoms with Crippen molar-refractivity contribution in [3.63, 3.8) is 0 Å². The molecule has 0 unspecified atom stereocenters. The van der Waals surface area contributed by atoms with Crippen molar-refractivity contribution in [2.24, 2.45) is 11.7 Å². The van der Waals surface area contributed by atoms with Crippen molar-refractivity contribution in [3.8, 4) is 0 Å². The van der Waals surface area contributed by atoms with Crippen LogP contribution in [-0.4, -0.2) is 17.1 Å². The van der Waals surface area contributed by atoms with Crippen LogP contribution in [0.3, 0.4) is 0 Å². The lowest BCUT2D eigenvalue weighted by Gasteiger charge is -2.07. The van der Waals surface area contributed by atoms with Gasteiger partial charge in [-0.3, -0.25) is 4.79 Å². The minimum absolute atomic E-state index is 0.0208. The van der Waals surface area contributed by atoms with Crippen LogP contribution in [0.2, 0.25) is 0 Å². The fraction of sp³-hybridized carbons (Fsp3) is 0.308. The zero-order valence-corrected chi connectivity index (χ0v) is 9.76. The number of hydrogen-bond donors (Lipinski definition) is 2. The first-order chi connectivity index (χ1) is 7.49. The van der Waals surface area contributed by atoms with E-state index in [-0.39, 0.29) is 5.92 Å². The van der Waals surface area contributed by atoms with Gasteiger partial charge in [-0.25, -0.2) is 0 Å². The summed E-state index contributed by atoms with van der Waals surface area (Å²) in [5.74, 6) is -0.910. The van der Waals surface area contributed by atoms with E-state index >= 15 is 0 Å². The smallest absolute Gasteiger partial charge is 0.320 e. The maximum atomic E-state index is 10.0. The first-order valence-electron chi connectivity index (χ1n) is 5.15. The molecule has 16 heavy (non-hydrogen) atoms. The van der Waals surface area contributed by atoms with Crippen molar-refractivity contribution in [1.29, 1.82) is 0 Å². The summed E-state index contributed by atoms with van der Waals surface area (Å²) in [4.78, 5) is 10.0. The van der Waals surface area contributed by atoms with E-state index < -0.39 is 12.0 Å². The molecule has 0 aromatic heterocycles. The highest BCUT2D eigenvalue weighted by Crippen LogP contribution is 1.97. The molecule has 1 rings (SSSR count). The molecule has 0 spiro atoms. The summed E-state index contributed by atoms with van der Waals surface area (Å²) in [5, 5.41) is 8.23. The second-order valence-electron chi connectivity index (χ2n) is 3.72. The number of benzene rings is 1. The summed E-state index contributed by atoms with van der Waals surface area (Å²) in [6, 6.07) is 9.32. The molecule has 0 amide bonds. The normalized spacial score (nSPS) is 11.2. The molecular weight excluding hydrogens is 202 g/mol. The van der Waals surface area contributed by atoms with Crippen LogP contribution in [0.25, 0.3) is 6.08 Å². The molecular formula is C13H19NO2. The molecule has 0 radical (unpaired) electrons. The quantitative estimate of drug-likeness (QED) is 0.823. The molecule has 1 aromatic rings. The Hall–Kier alpha value is -1.61. The average molecular weight is 221 g/mol. The van der Waals surface area contributed by atoms with Gasteiger partial charge >= 0.3 is 5.97 Å². The van der Waals surface area contributed by atoms with Crippen LogP contribution in [0.5, 0.6) is 0 Å². The second-order valence-corrected chi connectivity index (χ2v) is 3.72. The van der Waals surface area contributed by atoms with E-state index in [9.17, 15) is 4.79 Å². The first kappa shape index (κ1) is 14.4. The third-order valence-corrected chi connectivity index (χ3v) is 2.04. The van der Waals surface area contributed by atoms with Crippen molar-refractivity contribution < 1.29 is 9.90 Å². The molecule has 88 valence electrons. The fourth-order valence-electron chi connectivity index (χ4n) is 0.874. The number of nitrogens with two attached hydrogens (primary N) is 1. The van der Waals surface area contributed by atoms with E-state index in [0.717, 1.165) is 0 Å². The zero-order valence-electron chi connectivity index (χ0n) is 9.76. The van der Waals surface area contributed by atoms with Crippen LogP contribution in [0, 0.1) is 5.92 Å². The molecule has 0 heterocycles. The summed E-state index contributed by atoms with van der Waals surface area (Å²) >= 11 is 0. The molecule has 3 N–H and O–H groups in total. The Morgan fingerprint density at radius 3 is 2.06 bits per heavy atom. The van der Waals surface area contributed by atoms with Crippen molar-refractivity contribution in [1.82, 2.24) is 0 Å².